The van der Waals surface area contributed by atoms with E-state index in [9.17, 15) is 5.11 Å². The van der Waals surface area contributed by atoms with Crippen LogP contribution in [-0.4, -0.2) is 17.8 Å². The molecule has 0 saturated carbocycles. The van der Waals surface area contributed by atoms with Crippen LogP contribution in [0.4, 0.5) is 0 Å². The fraction of sp³-hybridized carbons (Fsp3) is 0.647. The molecule has 0 aliphatic heterocycles. The molecular formula is C17H28O2. The first-order valence-electron chi connectivity index (χ1n) is 7.28. The van der Waals surface area contributed by atoms with Gasteiger partial charge in [0.15, 0.2) is 0 Å². The summed E-state index contributed by atoms with van der Waals surface area (Å²) in [6.45, 7) is 11.1. The van der Waals surface area contributed by atoms with E-state index < -0.39 is 6.10 Å². The second kappa shape index (κ2) is 7.06. The Morgan fingerprint density at radius 3 is 2.42 bits per heavy atom. The zero-order valence-electron chi connectivity index (χ0n) is 12.9. The molecule has 0 aromatic heterocycles. The minimum absolute atomic E-state index is 0.0871. The van der Waals surface area contributed by atoms with Crippen molar-refractivity contribution in [3.63, 3.8) is 0 Å². The molecule has 1 rings (SSSR count). The summed E-state index contributed by atoms with van der Waals surface area (Å²) in [5.74, 6) is 0. The fourth-order valence-corrected chi connectivity index (χ4v) is 2.39. The first kappa shape index (κ1) is 16.2. The molecule has 0 radical (unpaired) electrons. The molecule has 0 bridgehead atoms. The lowest BCUT2D eigenvalue weighted by molar-refractivity contribution is -0.0899. The van der Waals surface area contributed by atoms with E-state index in [0.717, 1.165) is 18.4 Å². The summed E-state index contributed by atoms with van der Waals surface area (Å²) >= 11 is 0. The van der Waals surface area contributed by atoms with Crippen molar-refractivity contribution in [1.82, 2.24) is 0 Å². The van der Waals surface area contributed by atoms with Gasteiger partial charge in [-0.1, -0.05) is 58.4 Å². The highest BCUT2D eigenvalue weighted by Crippen LogP contribution is 2.33. The van der Waals surface area contributed by atoms with Crippen molar-refractivity contribution in [3.05, 3.63) is 35.4 Å². The summed E-state index contributed by atoms with van der Waals surface area (Å²) < 4.78 is 5.77. The predicted octanol–water partition coefficient (Wildman–Crippen LogP) is 4.12. The molecule has 0 amide bonds. The van der Waals surface area contributed by atoms with Crippen LogP contribution in [0.1, 0.15) is 58.3 Å². The van der Waals surface area contributed by atoms with E-state index in [1.807, 2.05) is 19.1 Å². The molecule has 1 N–H and O–H groups in total. The molecule has 2 heteroatoms. The second-order valence-electron chi connectivity index (χ2n) is 6.18. The number of benzene rings is 1. The average molecular weight is 264 g/mol. The topological polar surface area (TPSA) is 29.5 Å². The molecule has 2 unspecified atom stereocenters. The van der Waals surface area contributed by atoms with Gasteiger partial charge in [0, 0.05) is 6.61 Å². The maximum absolute atomic E-state index is 10.6. The van der Waals surface area contributed by atoms with E-state index in [4.69, 9.17) is 4.74 Å². The van der Waals surface area contributed by atoms with Crippen molar-refractivity contribution in [2.24, 2.45) is 5.41 Å². The first-order chi connectivity index (χ1) is 8.90. The van der Waals surface area contributed by atoms with Gasteiger partial charge in [-0.25, -0.2) is 0 Å². The van der Waals surface area contributed by atoms with E-state index in [1.165, 1.54) is 5.56 Å². The first-order valence-corrected chi connectivity index (χ1v) is 7.28. The summed E-state index contributed by atoms with van der Waals surface area (Å²) in [5, 5.41) is 10.6. The molecule has 0 saturated heterocycles. The van der Waals surface area contributed by atoms with E-state index in [2.05, 4.69) is 39.8 Å². The van der Waals surface area contributed by atoms with Crippen molar-refractivity contribution < 1.29 is 9.84 Å². The average Bonchev–Trinajstić information content (AvgIpc) is 2.34. The Kier molecular flexibility index (Phi) is 6.02. The predicted molar refractivity (Wildman–Crippen MR) is 80.3 cm³/mol. The molecule has 0 aliphatic rings. The van der Waals surface area contributed by atoms with Crippen molar-refractivity contribution in [2.45, 2.75) is 59.7 Å². The number of aliphatic hydroxyl groups is 1. The van der Waals surface area contributed by atoms with Crippen LogP contribution in [-0.2, 0) is 11.2 Å². The Bertz CT molecular complexity index is 379. The van der Waals surface area contributed by atoms with Gasteiger partial charge < -0.3 is 9.84 Å². The Morgan fingerprint density at radius 1 is 1.21 bits per heavy atom. The van der Waals surface area contributed by atoms with Crippen molar-refractivity contribution in [3.8, 4) is 0 Å². The summed E-state index contributed by atoms with van der Waals surface area (Å²) in [7, 11) is 0. The highest BCUT2D eigenvalue weighted by Gasteiger charge is 2.32. The molecule has 19 heavy (non-hydrogen) atoms. The molecule has 0 fully saturated rings. The highest BCUT2D eigenvalue weighted by molar-refractivity contribution is 5.26. The van der Waals surface area contributed by atoms with Gasteiger partial charge >= 0.3 is 0 Å². The standard InChI is InChI=1S/C17H28O2/c1-6-9-13-10-8-11-14(12-13)15(18)16(19-7-2)17(3,4)5/h8,10-12,15-16,18H,6-7,9H2,1-5H3. The SMILES string of the molecule is CCCc1cccc(C(O)C(OCC)C(C)(C)C)c1. The Balaban J connectivity index is 2.95. The second-order valence-corrected chi connectivity index (χ2v) is 6.18. The molecule has 0 aliphatic carbocycles. The number of aryl methyl sites for hydroxylation is 1. The lowest BCUT2D eigenvalue weighted by atomic mass is 9.83. The molecule has 2 nitrogen and oxygen atoms in total. The van der Waals surface area contributed by atoms with E-state index in [0.29, 0.717) is 6.61 Å². The van der Waals surface area contributed by atoms with Crippen LogP contribution in [0, 0.1) is 5.41 Å². The van der Waals surface area contributed by atoms with Crippen molar-refractivity contribution >= 4 is 0 Å². The molecule has 1 aromatic rings. The minimum Gasteiger partial charge on any atom is -0.386 e. The van der Waals surface area contributed by atoms with Crippen LogP contribution < -0.4 is 0 Å². The van der Waals surface area contributed by atoms with Crippen LogP contribution in [0.15, 0.2) is 24.3 Å². The van der Waals surface area contributed by atoms with Gasteiger partial charge in [0.05, 0.1) is 6.10 Å². The zero-order chi connectivity index (χ0) is 14.5. The summed E-state index contributed by atoms with van der Waals surface area (Å²) in [4.78, 5) is 0. The number of hydrogen-bond acceptors (Lipinski definition) is 2. The number of hydrogen-bond donors (Lipinski definition) is 1. The van der Waals surface area contributed by atoms with Gasteiger partial charge in [-0.15, -0.1) is 0 Å². The van der Waals surface area contributed by atoms with Gasteiger partial charge in [0.2, 0.25) is 0 Å². The van der Waals surface area contributed by atoms with Gasteiger partial charge in [-0.3, -0.25) is 0 Å². The monoisotopic (exact) mass is 264 g/mol. The quantitative estimate of drug-likeness (QED) is 0.837. The van der Waals surface area contributed by atoms with E-state index in [1.54, 1.807) is 0 Å². The molecule has 108 valence electrons. The van der Waals surface area contributed by atoms with E-state index in [-0.39, 0.29) is 11.5 Å². The zero-order valence-corrected chi connectivity index (χ0v) is 12.9. The molecule has 1 aromatic carbocycles. The van der Waals surface area contributed by atoms with Crippen LogP contribution in [0.5, 0.6) is 0 Å². The van der Waals surface area contributed by atoms with E-state index >= 15 is 0 Å². The van der Waals surface area contributed by atoms with Crippen LogP contribution in [0.3, 0.4) is 0 Å². The maximum atomic E-state index is 10.6. The summed E-state index contributed by atoms with van der Waals surface area (Å²) in [6, 6.07) is 8.23. The van der Waals surface area contributed by atoms with Crippen LogP contribution >= 0.6 is 0 Å². The summed E-state index contributed by atoms with van der Waals surface area (Å²) in [6.07, 6.45) is 1.41. The molecular weight excluding hydrogens is 236 g/mol. The summed E-state index contributed by atoms with van der Waals surface area (Å²) in [5.41, 5.74) is 2.15. The maximum Gasteiger partial charge on any atom is 0.106 e. The highest BCUT2D eigenvalue weighted by atomic mass is 16.5. The third kappa shape index (κ3) is 4.63. The van der Waals surface area contributed by atoms with Gasteiger partial charge in [-0.05, 0) is 29.9 Å². The molecule has 0 heterocycles. The molecule has 2 atom stereocenters. The molecule has 0 spiro atoms. The Hall–Kier alpha value is -0.860. The smallest absolute Gasteiger partial charge is 0.106 e. The Labute approximate surface area is 117 Å². The Morgan fingerprint density at radius 2 is 1.89 bits per heavy atom. The largest absolute Gasteiger partial charge is 0.386 e. The fourth-order valence-electron chi connectivity index (χ4n) is 2.39. The van der Waals surface area contributed by atoms with Gasteiger partial charge in [-0.2, -0.15) is 0 Å². The van der Waals surface area contributed by atoms with Gasteiger partial charge in [0.25, 0.3) is 0 Å². The number of aliphatic hydroxyl groups excluding tert-OH is 1. The third-order valence-electron chi connectivity index (χ3n) is 3.32. The normalized spacial score (nSPS) is 15.3. The van der Waals surface area contributed by atoms with Crippen molar-refractivity contribution in [2.75, 3.05) is 6.61 Å². The third-order valence-corrected chi connectivity index (χ3v) is 3.32. The lowest BCUT2D eigenvalue weighted by Crippen LogP contribution is -2.35. The van der Waals surface area contributed by atoms with Crippen LogP contribution in [0.2, 0.25) is 0 Å². The van der Waals surface area contributed by atoms with Crippen molar-refractivity contribution in [1.29, 1.82) is 0 Å². The lowest BCUT2D eigenvalue weighted by Gasteiger charge is -2.34. The number of ether oxygens (including phenoxy) is 1. The van der Waals surface area contributed by atoms with Gasteiger partial charge in [0.1, 0.15) is 6.10 Å². The van der Waals surface area contributed by atoms with Crippen LogP contribution in [0.25, 0.3) is 0 Å². The number of rotatable bonds is 6. The minimum atomic E-state index is -0.572.